The Morgan fingerprint density at radius 1 is 1.39 bits per heavy atom. The molecule has 1 aliphatic carbocycles. The molecule has 2 rings (SSSR count). The second-order valence-electron chi connectivity index (χ2n) is 4.74. The molecular weight excluding hydrogens is 226 g/mol. The van der Waals surface area contributed by atoms with E-state index in [0.29, 0.717) is 5.92 Å². The van der Waals surface area contributed by atoms with Crippen LogP contribution in [0.3, 0.4) is 0 Å². The van der Waals surface area contributed by atoms with Gasteiger partial charge in [0.15, 0.2) is 0 Å². The lowest BCUT2D eigenvalue weighted by Crippen LogP contribution is -2.24. The molecule has 0 heterocycles. The smallest absolute Gasteiger partial charge is 0.323 e. The molecule has 1 saturated carbocycles. The molecule has 0 saturated heterocycles. The van der Waals surface area contributed by atoms with Gasteiger partial charge in [0.2, 0.25) is 0 Å². The molecule has 0 radical (unpaired) electrons. The lowest BCUT2D eigenvalue weighted by Gasteiger charge is -2.13. The van der Waals surface area contributed by atoms with Crippen molar-refractivity contribution in [2.45, 2.75) is 12.8 Å². The predicted octanol–water partition coefficient (Wildman–Crippen LogP) is 2.80. The lowest BCUT2D eigenvalue weighted by molar-refractivity contribution is 0.255. The number of nitrogens with one attached hydrogen (secondary N) is 2. The lowest BCUT2D eigenvalue weighted by atomic mass is 10.2. The van der Waals surface area contributed by atoms with Crippen LogP contribution in [0.1, 0.15) is 12.8 Å². The van der Waals surface area contributed by atoms with Crippen LogP contribution < -0.4 is 15.5 Å². The molecule has 1 fully saturated rings. The van der Waals surface area contributed by atoms with Crippen LogP contribution in [0.15, 0.2) is 36.5 Å². The molecule has 0 unspecified atom stereocenters. The van der Waals surface area contributed by atoms with E-state index in [-0.39, 0.29) is 6.03 Å². The number of carbonyl (C=O) groups is 1. The minimum absolute atomic E-state index is 0.206. The van der Waals surface area contributed by atoms with Crippen LogP contribution in [0.4, 0.5) is 16.2 Å². The van der Waals surface area contributed by atoms with Crippen LogP contribution in [0.2, 0.25) is 0 Å². The van der Waals surface area contributed by atoms with Crippen LogP contribution in [-0.2, 0) is 0 Å². The highest BCUT2D eigenvalue weighted by molar-refractivity contribution is 5.90. The molecule has 1 aromatic rings. The van der Waals surface area contributed by atoms with Gasteiger partial charge < -0.3 is 15.5 Å². The fourth-order valence-corrected chi connectivity index (χ4v) is 1.58. The maximum absolute atomic E-state index is 11.6. The summed E-state index contributed by atoms with van der Waals surface area (Å²) in [6.07, 6.45) is 6.24. The number of carbonyl (C=O) groups excluding carboxylic acids is 1. The molecular formula is C14H19N3O. The van der Waals surface area contributed by atoms with Crippen molar-refractivity contribution in [3.05, 3.63) is 36.5 Å². The molecule has 96 valence electrons. The van der Waals surface area contributed by atoms with E-state index >= 15 is 0 Å². The van der Waals surface area contributed by atoms with Crippen molar-refractivity contribution in [2.75, 3.05) is 24.3 Å². The first-order valence-corrected chi connectivity index (χ1v) is 6.17. The summed E-state index contributed by atoms with van der Waals surface area (Å²) in [5, 5.41) is 5.51. The van der Waals surface area contributed by atoms with Crippen molar-refractivity contribution in [3.63, 3.8) is 0 Å². The van der Waals surface area contributed by atoms with Gasteiger partial charge in [0.05, 0.1) is 0 Å². The first-order valence-electron chi connectivity index (χ1n) is 6.17. The Balaban J connectivity index is 1.87. The van der Waals surface area contributed by atoms with Gasteiger partial charge in [-0.05, 0) is 37.0 Å². The van der Waals surface area contributed by atoms with Gasteiger partial charge in [-0.15, -0.1) is 0 Å². The molecule has 1 aromatic carbocycles. The molecule has 2 amide bonds. The van der Waals surface area contributed by atoms with Crippen LogP contribution in [0.25, 0.3) is 0 Å². The summed E-state index contributed by atoms with van der Waals surface area (Å²) in [7, 11) is 3.94. The second-order valence-corrected chi connectivity index (χ2v) is 4.74. The van der Waals surface area contributed by atoms with Gasteiger partial charge in [-0.3, -0.25) is 0 Å². The zero-order valence-corrected chi connectivity index (χ0v) is 10.8. The Kier molecular flexibility index (Phi) is 3.87. The van der Waals surface area contributed by atoms with Gasteiger partial charge in [-0.2, -0.15) is 0 Å². The average Bonchev–Trinajstić information content (AvgIpc) is 3.13. The van der Waals surface area contributed by atoms with Crippen molar-refractivity contribution < 1.29 is 4.79 Å². The van der Waals surface area contributed by atoms with Gasteiger partial charge >= 0.3 is 6.03 Å². The Hall–Kier alpha value is -1.97. The summed E-state index contributed by atoms with van der Waals surface area (Å²) in [5.41, 5.74) is 1.85. The summed E-state index contributed by atoms with van der Waals surface area (Å²) < 4.78 is 0. The van der Waals surface area contributed by atoms with E-state index in [1.807, 2.05) is 49.3 Å². The summed E-state index contributed by atoms with van der Waals surface area (Å²) in [6, 6.07) is 7.52. The highest BCUT2D eigenvalue weighted by Gasteiger charge is 2.17. The SMILES string of the molecule is CN(C)c1cccc(NC(=O)N/C=C/C2CC2)c1. The number of nitrogens with zero attached hydrogens (tertiary/aromatic N) is 1. The third-order valence-electron chi connectivity index (χ3n) is 2.83. The molecule has 0 aliphatic heterocycles. The van der Waals surface area contributed by atoms with E-state index in [4.69, 9.17) is 0 Å². The van der Waals surface area contributed by atoms with E-state index in [1.165, 1.54) is 12.8 Å². The topological polar surface area (TPSA) is 44.4 Å². The Bertz CT molecular complexity index is 450. The zero-order valence-electron chi connectivity index (χ0n) is 10.8. The van der Waals surface area contributed by atoms with Crippen LogP contribution in [-0.4, -0.2) is 20.1 Å². The predicted molar refractivity (Wildman–Crippen MR) is 74.8 cm³/mol. The molecule has 4 nitrogen and oxygen atoms in total. The molecule has 2 N–H and O–H groups in total. The number of amides is 2. The Labute approximate surface area is 108 Å². The number of anilines is 2. The molecule has 0 bridgehead atoms. The molecule has 0 aromatic heterocycles. The van der Waals surface area contributed by atoms with E-state index in [9.17, 15) is 4.79 Å². The molecule has 0 atom stereocenters. The maximum Gasteiger partial charge on any atom is 0.323 e. The molecule has 0 spiro atoms. The quantitative estimate of drug-likeness (QED) is 0.856. The summed E-state index contributed by atoms with van der Waals surface area (Å²) >= 11 is 0. The van der Waals surface area contributed by atoms with E-state index in [2.05, 4.69) is 10.6 Å². The fourth-order valence-electron chi connectivity index (χ4n) is 1.58. The highest BCUT2D eigenvalue weighted by Crippen LogP contribution is 2.29. The van der Waals surface area contributed by atoms with E-state index in [0.717, 1.165) is 11.4 Å². The number of benzene rings is 1. The number of rotatable bonds is 4. The first-order chi connectivity index (χ1) is 8.65. The van der Waals surface area contributed by atoms with E-state index in [1.54, 1.807) is 6.20 Å². The van der Waals surface area contributed by atoms with Gasteiger partial charge in [0, 0.05) is 31.7 Å². The fraction of sp³-hybridized carbons (Fsp3) is 0.357. The van der Waals surface area contributed by atoms with Gasteiger partial charge in [-0.25, -0.2) is 4.79 Å². The first kappa shape index (κ1) is 12.5. The normalized spacial score (nSPS) is 14.6. The summed E-state index contributed by atoms with van der Waals surface area (Å²) in [5.74, 6) is 0.669. The number of hydrogen-bond acceptors (Lipinski definition) is 2. The third kappa shape index (κ3) is 3.80. The minimum atomic E-state index is -0.206. The summed E-state index contributed by atoms with van der Waals surface area (Å²) in [4.78, 5) is 13.6. The third-order valence-corrected chi connectivity index (χ3v) is 2.83. The second kappa shape index (κ2) is 5.58. The Morgan fingerprint density at radius 3 is 2.83 bits per heavy atom. The van der Waals surface area contributed by atoms with Gasteiger partial charge in [0.25, 0.3) is 0 Å². The zero-order chi connectivity index (χ0) is 13.0. The highest BCUT2D eigenvalue weighted by atomic mass is 16.2. The van der Waals surface area contributed by atoms with E-state index < -0.39 is 0 Å². The average molecular weight is 245 g/mol. The molecule has 18 heavy (non-hydrogen) atoms. The van der Waals surface area contributed by atoms with Crippen LogP contribution in [0.5, 0.6) is 0 Å². The van der Waals surface area contributed by atoms with Crippen molar-refractivity contribution in [1.82, 2.24) is 5.32 Å². The van der Waals surface area contributed by atoms with Gasteiger partial charge in [0.1, 0.15) is 0 Å². The van der Waals surface area contributed by atoms with Crippen molar-refractivity contribution in [2.24, 2.45) is 5.92 Å². The number of hydrogen-bond donors (Lipinski definition) is 2. The largest absolute Gasteiger partial charge is 0.378 e. The maximum atomic E-state index is 11.6. The summed E-state index contributed by atoms with van der Waals surface area (Å²) in [6.45, 7) is 0. The standard InChI is InChI=1S/C14H19N3O/c1-17(2)13-5-3-4-12(10-13)16-14(18)15-9-8-11-6-7-11/h3-5,8-11H,6-7H2,1-2H3,(H2,15,16,18)/b9-8+. The monoisotopic (exact) mass is 245 g/mol. The van der Waals surface area contributed by atoms with Crippen molar-refractivity contribution in [1.29, 1.82) is 0 Å². The van der Waals surface area contributed by atoms with Crippen LogP contribution >= 0.6 is 0 Å². The van der Waals surface area contributed by atoms with Gasteiger partial charge in [-0.1, -0.05) is 12.1 Å². The minimum Gasteiger partial charge on any atom is -0.378 e. The molecule has 1 aliphatic rings. The number of urea groups is 1. The molecule has 4 heteroatoms. The van der Waals surface area contributed by atoms with Crippen molar-refractivity contribution >= 4 is 17.4 Å². The Morgan fingerprint density at radius 2 is 2.17 bits per heavy atom. The van der Waals surface area contributed by atoms with Crippen LogP contribution in [0, 0.1) is 5.92 Å². The number of allylic oxidation sites excluding steroid dienone is 1. The van der Waals surface area contributed by atoms with Crippen molar-refractivity contribution in [3.8, 4) is 0 Å².